The number of esters is 1. The molecule has 2 aromatic heterocycles. The molecule has 2 heterocycles. The van der Waals surface area contributed by atoms with Crippen molar-refractivity contribution in [2.75, 3.05) is 20.2 Å². The van der Waals surface area contributed by atoms with Crippen LogP contribution in [0.25, 0.3) is 10.9 Å². The van der Waals surface area contributed by atoms with Crippen molar-refractivity contribution in [3.05, 3.63) is 60.0 Å². The number of aromatic nitrogens is 2. The van der Waals surface area contributed by atoms with Gasteiger partial charge in [-0.2, -0.15) is 0 Å². The molecule has 6 N–H and O–H groups in total. The molecule has 0 bridgehead atoms. The molecule has 0 aliphatic carbocycles. The van der Waals surface area contributed by atoms with Gasteiger partial charge in [-0.05, 0) is 68.7 Å². The summed E-state index contributed by atoms with van der Waals surface area (Å²) in [5.41, 5.74) is 1.47. The van der Waals surface area contributed by atoms with Gasteiger partial charge in [0.25, 0.3) is 0 Å². The van der Waals surface area contributed by atoms with Crippen LogP contribution in [0, 0.1) is 0 Å². The number of methoxy groups -OCH3 is 1. The Balaban J connectivity index is 1.63. The maximum atomic E-state index is 13.3. The summed E-state index contributed by atoms with van der Waals surface area (Å²) in [4.78, 5) is 70.0. The number of nitrogens with one attached hydrogen (secondary N) is 5. The lowest BCUT2D eigenvalue weighted by molar-refractivity contribution is -0.145. The monoisotopic (exact) mass is 624 g/mol. The molecule has 45 heavy (non-hydrogen) atoms. The number of fused-ring (bicyclic) bond motifs is 1. The van der Waals surface area contributed by atoms with E-state index in [1.807, 2.05) is 0 Å². The predicted molar refractivity (Wildman–Crippen MR) is 164 cm³/mol. The topological polar surface area (TPSA) is 201 Å². The second-order valence-electron chi connectivity index (χ2n) is 11.3. The lowest BCUT2D eigenvalue weighted by Gasteiger charge is -2.20. The fraction of sp³-hybridized carbons (Fsp3) is 0.419. The van der Waals surface area contributed by atoms with E-state index < -0.39 is 54.0 Å². The minimum Gasteiger partial charge on any atom is -0.508 e. The van der Waals surface area contributed by atoms with Gasteiger partial charge < -0.3 is 40.8 Å². The Kier molecular flexibility index (Phi) is 12.3. The first kappa shape index (κ1) is 34.4. The lowest BCUT2D eigenvalue weighted by Crippen LogP contribution is -2.52. The van der Waals surface area contributed by atoms with Gasteiger partial charge >= 0.3 is 12.1 Å². The van der Waals surface area contributed by atoms with Crippen LogP contribution in [-0.2, 0) is 41.5 Å². The zero-order valence-electron chi connectivity index (χ0n) is 25.8. The number of carbonyl (C=O) groups is 5. The number of alkyl carbamates (subject to hydrolysis) is 1. The molecule has 14 heteroatoms. The number of nitrogens with zero attached hydrogens (tertiary/aromatic N) is 1. The van der Waals surface area contributed by atoms with E-state index in [1.165, 1.54) is 13.2 Å². The van der Waals surface area contributed by atoms with Crippen molar-refractivity contribution in [1.29, 1.82) is 0 Å². The summed E-state index contributed by atoms with van der Waals surface area (Å²) in [6.07, 6.45) is 4.69. The van der Waals surface area contributed by atoms with E-state index in [2.05, 4.69) is 31.2 Å². The Morgan fingerprint density at radius 2 is 1.67 bits per heavy atom. The van der Waals surface area contributed by atoms with Gasteiger partial charge in [0, 0.05) is 55.3 Å². The average molecular weight is 625 g/mol. The number of phenols is 1. The highest BCUT2D eigenvalue weighted by Gasteiger charge is 2.26. The number of benzene rings is 1. The highest BCUT2D eigenvalue weighted by atomic mass is 16.6. The third-order valence-corrected chi connectivity index (χ3v) is 6.51. The molecule has 0 unspecified atom stereocenters. The Bertz CT molecular complexity index is 1480. The molecule has 0 spiro atoms. The molecule has 1 aromatic carbocycles. The zero-order valence-corrected chi connectivity index (χ0v) is 25.8. The van der Waals surface area contributed by atoms with Crippen molar-refractivity contribution in [3.8, 4) is 5.75 Å². The van der Waals surface area contributed by atoms with Gasteiger partial charge in [-0.3, -0.25) is 19.4 Å². The zero-order chi connectivity index (χ0) is 33.0. The van der Waals surface area contributed by atoms with E-state index >= 15 is 0 Å². The SMILES string of the molecule is COC(=O)[C@H](Cc1ccncc1)NC(=O)CNC(=O)[C@H](Cc1c[nH]c2ccc(O)cc12)NC(=O)CCCNC(=O)OC(C)(C)C. The minimum absolute atomic E-state index is 0.00452. The van der Waals surface area contributed by atoms with Crippen LogP contribution in [0.1, 0.15) is 44.7 Å². The molecule has 0 saturated carbocycles. The molecule has 3 rings (SSSR count). The lowest BCUT2D eigenvalue weighted by atomic mass is 10.0. The van der Waals surface area contributed by atoms with Gasteiger partial charge in [-0.15, -0.1) is 0 Å². The second kappa shape index (κ2) is 16.1. The number of aromatic hydroxyl groups is 1. The van der Waals surface area contributed by atoms with Crippen molar-refractivity contribution >= 4 is 40.7 Å². The summed E-state index contributed by atoms with van der Waals surface area (Å²) in [7, 11) is 1.21. The van der Waals surface area contributed by atoms with Crippen LogP contribution < -0.4 is 21.3 Å². The molecular formula is C31H40N6O8. The highest BCUT2D eigenvalue weighted by molar-refractivity contribution is 5.93. The number of rotatable bonds is 14. The summed E-state index contributed by atoms with van der Waals surface area (Å²) in [6.45, 7) is 4.93. The van der Waals surface area contributed by atoms with Gasteiger partial charge in [0.15, 0.2) is 0 Å². The van der Waals surface area contributed by atoms with Crippen LogP contribution in [0.4, 0.5) is 4.79 Å². The summed E-state index contributed by atoms with van der Waals surface area (Å²) in [6, 6.07) is 6.08. The molecular weight excluding hydrogens is 584 g/mol. The van der Waals surface area contributed by atoms with Crippen LogP contribution in [0.15, 0.2) is 48.9 Å². The van der Waals surface area contributed by atoms with Crippen LogP contribution in [-0.4, -0.2) is 82.7 Å². The van der Waals surface area contributed by atoms with E-state index in [4.69, 9.17) is 9.47 Å². The molecule has 3 aromatic rings. The number of carbonyl (C=O) groups excluding carboxylic acids is 5. The largest absolute Gasteiger partial charge is 0.508 e. The third-order valence-electron chi connectivity index (χ3n) is 6.51. The van der Waals surface area contributed by atoms with E-state index in [0.29, 0.717) is 10.9 Å². The first-order valence-electron chi connectivity index (χ1n) is 14.4. The molecule has 0 fully saturated rings. The summed E-state index contributed by atoms with van der Waals surface area (Å²) >= 11 is 0. The van der Waals surface area contributed by atoms with Crippen LogP contribution in [0.5, 0.6) is 5.75 Å². The molecule has 0 aliphatic heterocycles. The van der Waals surface area contributed by atoms with Crippen molar-refractivity contribution < 1.29 is 38.6 Å². The Hall–Kier alpha value is -5.14. The Morgan fingerprint density at radius 3 is 2.36 bits per heavy atom. The van der Waals surface area contributed by atoms with E-state index in [9.17, 15) is 29.1 Å². The summed E-state index contributed by atoms with van der Waals surface area (Å²) in [5, 5.41) is 21.0. The first-order valence-corrected chi connectivity index (χ1v) is 14.4. The normalized spacial score (nSPS) is 12.4. The van der Waals surface area contributed by atoms with Gasteiger partial charge in [-0.25, -0.2) is 9.59 Å². The van der Waals surface area contributed by atoms with Crippen molar-refractivity contribution in [2.24, 2.45) is 0 Å². The molecule has 14 nitrogen and oxygen atoms in total. The predicted octanol–water partition coefficient (Wildman–Crippen LogP) is 1.62. The molecule has 2 atom stereocenters. The number of phenolic OH excluding ortho intramolecular Hbond substituents is 1. The average Bonchev–Trinajstić information content (AvgIpc) is 3.38. The molecule has 4 amide bonds. The standard InChI is InChI=1S/C31H40N6O8/c1-31(2,3)45-30(43)33-11-5-6-26(39)36-24(15-20-17-34-23-8-7-21(38)16-22(20)23)28(41)35-18-27(40)37-25(29(42)44-4)14-19-9-12-32-13-10-19/h7-10,12-13,16-17,24-25,34,38H,5-6,11,14-15,18H2,1-4H3,(H,33,43)(H,35,41)(H,36,39)(H,37,40)/t24-,25-/m0/s1. The quantitative estimate of drug-likeness (QED) is 0.114. The van der Waals surface area contributed by atoms with Gasteiger partial charge in [0.1, 0.15) is 23.4 Å². The van der Waals surface area contributed by atoms with E-state index in [0.717, 1.165) is 11.1 Å². The summed E-state index contributed by atoms with van der Waals surface area (Å²) < 4.78 is 9.99. The van der Waals surface area contributed by atoms with Gasteiger partial charge in [-0.1, -0.05) is 0 Å². The molecule has 0 aliphatic rings. The van der Waals surface area contributed by atoms with Crippen molar-refractivity contribution in [3.63, 3.8) is 0 Å². The number of amides is 4. The van der Waals surface area contributed by atoms with Crippen molar-refractivity contribution in [2.45, 2.75) is 64.1 Å². The summed E-state index contributed by atoms with van der Waals surface area (Å²) in [5.74, 6) is -2.34. The number of aromatic amines is 1. The Labute approximate surface area is 260 Å². The molecule has 0 saturated heterocycles. The number of hydrogen-bond acceptors (Lipinski definition) is 9. The number of hydrogen-bond donors (Lipinski definition) is 6. The van der Waals surface area contributed by atoms with Gasteiger partial charge in [0.2, 0.25) is 17.7 Å². The van der Waals surface area contributed by atoms with Crippen LogP contribution >= 0.6 is 0 Å². The maximum Gasteiger partial charge on any atom is 0.407 e. The second-order valence-corrected chi connectivity index (χ2v) is 11.3. The highest BCUT2D eigenvalue weighted by Crippen LogP contribution is 2.24. The van der Waals surface area contributed by atoms with Crippen LogP contribution in [0.3, 0.4) is 0 Å². The fourth-order valence-corrected chi connectivity index (χ4v) is 4.41. The number of pyridine rings is 1. The van der Waals surface area contributed by atoms with Crippen molar-refractivity contribution in [1.82, 2.24) is 31.2 Å². The van der Waals surface area contributed by atoms with Gasteiger partial charge in [0.05, 0.1) is 13.7 Å². The van der Waals surface area contributed by atoms with E-state index in [-0.39, 0.29) is 38.0 Å². The smallest absolute Gasteiger partial charge is 0.407 e. The fourth-order valence-electron chi connectivity index (χ4n) is 4.41. The Morgan fingerprint density at radius 1 is 0.956 bits per heavy atom. The minimum atomic E-state index is -1.08. The maximum absolute atomic E-state index is 13.3. The first-order chi connectivity index (χ1) is 21.3. The molecule has 0 radical (unpaired) electrons. The number of ether oxygens (including phenoxy) is 2. The van der Waals surface area contributed by atoms with E-state index in [1.54, 1.807) is 63.6 Å². The van der Waals surface area contributed by atoms with Crippen LogP contribution in [0.2, 0.25) is 0 Å². The third kappa shape index (κ3) is 11.5. The number of H-pyrrole nitrogens is 1. The molecule has 242 valence electrons.